The van der Waals surface area contributed by atoms with E-state index < -0.39 is 0 Å². The Morgan fingerprint density at radius 2 is 2.00 bits per heavy atom. The first-order valence-corrected chi connectivity index (χ1v) is 5.67. The number of rotatable bonds is 1. The average Bonchev–Trinajstić information content (AvgIpc) is 2.23. The summed E-state index contributed by atoms with van der Waals surface area (Å²) in [6, 6.07) is 8.31. The summed E-state index contributed by atoms with van der Waals surface area (Å²) in [5.74, 6) is 1.05. The number of allylic oxidation sites excluding steroid dienone is 1. The highest BCUT2D eigenvalue weighted by Crippen LogP contribution is 2.13. The van der Waals surface area contributed by atoms with Crippen LogP contribution in [0.2, 0.25) is 0 Å². The Hall–Kier alpha value is -0.840. The van der Waals surface area contributed by atoms with E-state index in [-0.39, 0.29) is 0 Å². The molecule has 0 atom stereocenters. The minimum Gasteiger partial charge on any atom is -0.344 e. The van der Waals surface area contributed by atoms with E-state index in [0.29, 0.717) is 0 Å². The molecule has 2 rings (SSSR count). The normalized spacial score (nSPS) is 15.1. The maximum atomic E-state index is 4.27. The van der Waals surface area contributed by atoms with E-state index in [1.165, 1.54) is 3.57 Å². The van der Waals surface area contributed by atoms with Gasteiger partial charge in [0.1, 0.15) is 5.84 Å². The Morgan fingerprint density at radius 3 is 2.64 bits per heavy atom. The third kappa shape index (κ3) is 2.57. The highest BCUT2D eigenvalue weighted by Gasteiger charge is 2.01. The van der Waals surface area contributed by atoms with Crippen molar-refractivity contribution in [2.45, 2.75) is 12.8 Å². The van der Waals surface area contributed by atoms with Gasteiger partial charge in [-0.15, -0.1) is 0 Å². The van der Waals surface area contributed by atoms with Crippen LogP contribution in [0.3, 0.4) is 0 Å². The summed E-state index contributed by atoms with van der Waals surface area (Å²) in [5.41, 5.74) is 1.11. The van der Waals surface area contributed by atoms with Crippen LogP contribution in [-0.4, -0.2) is 5.84 Å². The molecule has 0 spiro atoms. The van der Waals surface area contributed by atoms with E-state index in [0.717, 1.165) is 24.4 Å². The molecule has 0 saturated heterocycles. The molecule has 0 aromatic heterocycles. The summed E-state index contributed by atoms with van der Waals surface area (Å²) in [4.78, 5) is 4.27. The Morgan fingerprint density at radius 1 is 1.21 bits per heavy atom. The average molecular weight is 298 g/mol. The first kappa shape index (κ1) is 9.71. The molecule has 0 radical (unpaired) electrons. The number of halogens is 1. The second-order valence-electron chi connectivity index (χ2n) is 3.13. The summed E-state index contributed by atoms with van der Waals surface area (Å²) >= 11 is 2.30. The van der Waals surface area contributed by atoms with Crippen LogP contribution in [0.15, 0.2) is 41.5 Å². The lowest BCUT2D eigenvalue weighted by atomic mass is 10.2. The molecule has 2 nitrogen and oxygen atoms in total. The molecular formula is C11H11IN2. The molecule has 0 unspecified atom stereocenters. The zero-order valence-corrected chi connectivity index (χ0v) is 9.86. The first-order valence-electron chi connectivity index (χ1n) is 4.59. The van der Waals surface area contributed by atoms with Gasteiger partial charge < -0.3 is 5.32 Å². The standard InChI is InChI=1S/C11H11IN2/c12-9-4-6-10(7-5-9)14-11-3-1-2-8-13-11/h2,4-8H,1,3H2,(H,13,14). The van der Waals surface area contributed by atoms with Crippen molar-refractivity contribution in [3.63, 3.8) is 0 Å². The Balaban J connectivity index is 2.07. The lowest BCUT2D eigenvalue weighted by molar-refractivity contribution is 1.05. The summed E-state index contributed by atoms with van der Waals surface area (Å²) in [7, 11) is 0. The van der Waals surface area contributed by atoms with Crippen LogP contribution in [0.25, 0.3) is 0 Å². The van der Waals surface area contributed by atoms with Crippen LogP contribution in [0.1, 0.15) is 12.8 Å². The lowest BCUT2D eigenvalue weighted by Crippen LogP contribution is -2.12. The largest absolute Gasteiger partial charge is 0.344 e. The summed E-state index contributed by atoms with van der Waals surface area (Å²) < 4.78 is 1.25. The Bertz CT molecular complexity index is 365. The van der Waals surface area contributed by atoms with Crippen molar-refractivity contribution in [2.24, 2.45) is 4.99 Å². The molecule has 1 N–H and O–H groups in total. The predicted octanol–water partition coefficient (Wildman–Crippen LogP) is 3.41. The van der Waals surface area contributed by atoms with Crippen molar-refractivity contribution < 1.29 is 0 Å². The van der Waals surface area contributed by atoms with Gasteiger partial charge in [0.05, 0.1) is 0 Å². The fourth-order valence-corrected chi connectivity index (χ4v) is 1.66. The highest BCUT2D eigenvalue weighted by atomic mass is 127. The highest BCUT2D eigenvalue weighted by molar-refractivity contribution is 14.1. The van der Waals surface area contributed by atoms with Crippen LogP contribution < -0.4 is 5.32 Å². The van der Waals surface area contributed by atoms with Gasteiger partial charge >= 0.3 is 0 Å². The molecule has 1 aliphatic rings. The summed E-state index contributed by atoms with van der Waals surface area (Å²) in [6.07, 6.45) is 6.02. The number of nitrogens with zero attached hydrogens (tertiary/aromatic N) is 1. The van der Waals surface area contributed by atoms with Crippen molar-refractivity contribution in [2.75, 3.05) is 5.32 Å². The van der Waals surface area contributed by atoms with E-state index in [1.807, 2.05) is 6.20 Å². The van der Waals surface area contributed by atoms with Gasteiger partial charge in [0, 0.05) is 21.9 Å². The second-order valence-corrected chi connectivity index (χ2v) is 4.38. The van der Waals surface area contributed by atoms with Crippen molar-refractivity contribution >= 4 is 34.1 Å². The Kier molecular flexibility index (Phi) is 3.18. The molecule has 0 amide bonds. The minimum absolute atomic E-state index is 1.00. The van der Waals surface area contributed by atoms with E-state index in [2.05, 4.69) is 63.2 Å². The van der Waals surface area contributed by atoms with Crippen molar-refractivity contribution in [1.82, 2.24) is 0 Å². The van der Waals surface area contributed by atoms with Gasteiger partial charge in [-0.2, -0.15) is 0 Å². The van der Waals surface area contributed by atoms with Crippen molar-refractivity contribution in [3.8, 4) is 0 Å². The van der Waals surface area contributed by atoms with Gasteiger partial charge in [-0.05, 0) is 53.3 Å². The van der Waals surface area contributed by atoms with Crippen molar-refractivity contribution in [1.29, 1.82) is 0 Å². The van der Waals surface area contributed by atoms with Crippen LogP contribution in [0, 0.1) is 3.57 Å². The minimum atomic E-state index is 1.00. The van der Waals surface area contributed by atoms with E-state index in [4.69, 9.17) is 0 Å². The molecular weight excluding hydrogens is 287 g/mol. The van der Waals surface area contributed by atoms with Gasteiger partial charge in [0.25, 0.3) is 0 Å². The van der Waals surface area contributed by atoms with Gasteiger partial charge in [-0.3, -0.25) is 0 Å². The van der Waals surface area contributed by atoms with E-state index in [1.54, 1.807) is 0 Å². The number of hydrogen-bond donors (Lipinski definition) is 1. The number of amidine groups is 1. The van der Waals surface area contributed by atoms with Gasteiger partial charge in [0.2, 0.25) is 0 Å². The summed E-state index contributed by atoms with van der Waals surface area (Å²) in [5, 5.41) is 3.30. The molecule has 1 aliphatic heterocycles. The molecule has 0 bridgehead atoms. The van der Waals surface area contributed by atoms with Gasteiger partial charge in [0.15, 0.2) is 0 Å². The van der Waals surface area contributed by atoms with E-state index in [9.17, 15) is 0 Å². The number of hydrogen-bond acceptors (Lipinski definition) is 2. The summed E-state index contributed by atoms with van der Waals surface area (Å²) in [6.45, 7) is 0. The molecule has 72 valence electrons. The van der Waals surface area contributed by atoms with Crippen LogP contribution >= 0.6 is 22.6 Å². The number of benzene rings is 1. The molecule has 0 fully saturated rings. The topological polar surface area (TPSA) is 24.4 Å². The number of nitrogens with one attached hydrogen (secondary N) is 1. The second kappa shape index (κ2) is 4.59. The molecule has 1 aromatic rings. The third-order valence-electron chi connectivity index (χ3n) is 2.02. The number of anilines is 1. The van der Waals surface area contributed by atoms with Crippen molar-refractivity contribution in [3.05, 3.63) is 40.1 Å². The predicted molar refractivity (Wildman–Crippen MR) is 68.6 cm³/mol. The molecule has 0 saturated carbocycles. The molecule has 14 heavy (non-hydrogen) atoms. The molecule has 1 heterocycles. The van der Waals surface area contributed by atoms with Gasteiger partial charge in [-0.25, -0.2) is 4.99 Å². The monoisotopic (exact) mass is 298 g/mol. The Labute approximate surface area is 97.3 Å². The maximum Gasteiger partial charge on any atom is 0.106 e. The third-order valence-corrected chi connectivity index (χ3v) is 2.74. The zero-order chi connectivity index (χ0) is 9.80. The lowest BCUT2D eigenvalue weighted by Gasteiger charge is -2.10. The fraction of sp³-hybridized carbons (Fsp3) is 0.182. The first-order chi connectivity index (χ1) is 6.84. The van der Waals surface area contributed by atoms with Gasteiger partial charge in [-0.1, -0.05) is 6.08 Å². The van der Waals surface area contributed by atoms with Crippen LogP contribution in [0.4, 0.5) is 5.69 Å². The number of aliphatic imine (C=N–C) groups is 1. The zero-order valence-electron chi connectivity index (χ0n) is 7.70. The molecule has 3 heteroatoms. The van der Waals surface area contributed by atoms with E-state index >= 15 is 0 Å². The SMILES string of the molecule is Ic1ccc(NC2=NC=CCC2)cc1. The quantitative estimate of drug-likeness (QED) is 0.789. The fourth-order valence-electron chi connectivity index (χ4n) is 1.30. The molecule has 1 aromatic carbocycles. The van der Waals surface area contributed by atoms with Crippen LogP contribution in [0.5, 0.6) is 0 Å². The molecule has 0 aliphatic carbocycles. The smallest absolute Gasteiger partial charge is 0.106 e. The maximum absolute atomic E-state index is 4.27. The van der Waals surface area contributed by atoms with Crippen LogP contribution in [-0.2, 0) is 0 Å².